The fourth-order valence-electron chi connectivity index (χ4n) is 2.25. The van der Waals surface area contributed by atoms with Crippen LogP contribution in [0.4, 0.5) is 4.79 Å². The number of aromatic nitrogens is 3. The molecular formula is C14H16N4O2. The first-order valence-electron chi connectivity index (χ1n) is 6.69. The third-order valence-electron chi connectivity index (χ3n) is 3.28. The van der Waals surface area contributed by atoms with Gasteiger partial charge in [0, 0.05) is 38.2 Å². The highest BCUT2D eigenvalue weighted by Crippen LogP contribution is 2.14. The van der Waals surface area contributed by atoms with E-state index in [4.69, 9.17) is 4.74 Å². The molecule has 0 saturated carbocycles. The molecule has 1 amide bonds. The van der Waals surface area contributed by atoms with Crippen molar-refractivity contribution in [1.82, 2.24) is 19.4 Å². The zero-order chi connectivity index (χ0) is 13.8. The summed E-state index contributed by atoms with van der Waals surface area (Å²) < 4.78 is 7.03. The van der Waals surface area contributed by atoms with Gasteiger partial charge in [-0.25, -0.2) is 9.78 Å². The van der Waals surface area contributed by atoms with E-state index in [0.717, 1.165) is 24.5 Å². The fraction of sp³-hybridized carbons (Fsp3) is 0.357. The third kappa shape index (κ3) is 2.64. The van der Waals surface area contributed by atoms with Crippen LogP contribution in [0, 0.1) is 0 Å². The Morgan fingerprint density at radius 1 is 1.20 bits per heavy atom. The van der Waals surface area contributed by atoms with Gasteiger partial charge in [0.1, 0.15) is 5.69 Å². The van der Waals surface area contributed by atoms with Crippen LogP contribution in [0.5, 0.6) is 0 Å². The number of imidazole rings is 1. The molecule has 3 heterocycles. The van der Waals surface area contributed by atoms with Crippen LogP contribution in [0.2, 0.25) is 0 Å². The molecule has 0 unspecified atom stereocenters. The van der Waals surface area contributed by atoms with Gasteiger partial charge in [-0.2, -0.15) is 0 Å². The number of hydrogen-bond acceptors (Lipinski definition) is 4. The van der Waals surface area contributed by atoms with Crippen LogP contribution in [0.15, 0.2) is 36.8 Å². The van der Waals surface area contributed by atoms with E-state index in [0.29, 0.717) is 19.7 Å². The zero-order valence-corrected chi connectivity index (χ0v) is 11.1. The highest BCUT2D eigenvalue weighted by atomic mass is 16.6. The van der Waals surface area contributed by atoms with Crippen molar-refractivity contribution in [1.29, 1.82) is 0 Å². The lowest BCUT2D eigenvalue weighted by atomic mass is 10.3. The molecule has 0 aromatic carbocycles. The van der Waals surface area contributed by atoms with Crippen LogP contribution in [0.1, 0.15) is 6.42 Å². The SMILES string of the molecule is O=C1OCCCN1CCn1ccnc1-c1ccccn1. The predicted molar refractivity (Wildman–Crippen MR) is 73.0 cm³/mol. The smallest absolute Gasteiger partial charge is 0.409 e. The number of hydrogen-bond donors (Lipinski definition) is 0. The minimum Gasteiger partial charge on any atom is -0.449 e. The molecule has 6 heteroatoms. The largest absolute Gasteiger partial charge is 0.449 e. The summed E-state index contributed by atoms with van der Waals surface area (Å²) in [7, 11) is 0. The van der Waals surface area contributed by atoms with Gasteiger partial charge in [-0.3, -0.25) is 4.98 Å². The molecule has 3 rings (SSSR count). The molecule has 104 valence electrons. The van der Waals surface area contributed by atoms with Crippen molar-refractivity contribution in [2.45, 2.75) is 13.0 Å². The number of ether oxygens (including phenoxy) is 1. The second-order valence-electron chi connectivity index (χ2n) is 4.61. The Morgan fingerprint density at radius 3 is 2.95 bits per heavy atom. The predicted octanol–water partition coefficient (Wildman–Crippen LogP) is 1.79. The Balaban J connectivity index is 1.70. The summed E-state index contributed by atoms with van der Waals surface area (Å²) in [6, 6.07) is 5.73. The normalized spacial score (nSPS) is 15.2. The van der Waals surface area contributed by atoms with Crippen molar-refractivity contribution >= 4 is 6.09 Å². The zero-order valence-electron chi connectivity index (χ0n) is 11.1. The van der Waals surface area contributed by atoms with Gasteiger partial charge in [-0.05, 0) is 18.6 Å². The molecular weight excluding hydrogens is 256 g/mol. The molecule has 0 atom stereocenters. The Hall–Kier alpha value is -2.37. The van der Waals surface area contributed by atoms with Gasteiger partial charge in [0.25, 0.3) is 0 Å². The highest BCUT2D eigenvalue weighted by Gasteiger charge is 2.19. The van der Waals surface area contributed by atoms with E-state index in [1.807, 2.05) is 29.0 Å². The summed E-state index contributed by atoms with van der Waals surface area (Å²) in [6.45, 7) is 2.59. The molecule has 0 spiro atoms. The van der Waals surface area contributed by atoms with Crippen molar-refractivity contribution in [3.8, 4) is 11.5 Å². The minimum absolute atomic E-state index is 0.226. The molecule has 1 saturated heterocycles. The Kier molecular flexibility index (Phi) is 3.62. The summed E-state index contributed by atoms with van der Waals surface area (Å²) >= 11 is 0. The van der Waals surface area contributed by atoms with Crippen LogP contribution < -0.4 is 0 Å². The third-order valence-corrected chi connectivity index (χ3v) is 3.28. The molecule has 0 N–H and O–H groups in total. The molecule has 1 fully saturated rings. The van der Waals surface area contributed by atoms with Crippen molar-refractivity contribution in [2.75, 3.05) is 19.7 Å². The standard InChI is InChI=1S/C14H16N4O2/c19-14-18(7-3-11-20-14)10-9-17-8-6-16-13(17)12-4-1-2-5-15-12/h1-2,4-6,8H,3,7,9-11H2. The lowest BCUT2D eigenvalue weighted by Gasteiger charge is -2.26. The average molecular weight is 272 g/mol. The van der Waals surface area contributed by atoms with Crippen LogP contribution in [-0.2, 0) is 11.3 Å². The summed E-state index contributed by atoms with van der Waals surface area (Å²) in [5, 5.41) is 0. The van der Waals surface area contributed by atoms with E-state index >= 15 is 0 Å². The van der Waals surface area contributed by atoms with E-state index in [1.54, 1.807) is 17.3 Å². The maximum atomic E-state index is 11.6. The summed E-state index contributed by atoms with van der Waals surface area (Å²) in [5.41, 5.74) is 0.832. The van der Waals surface area contributed by atoms with Crippen molar-refractivity contribution < 1.29 is 9.53 Å². The van der Waals surface area contributed by atoms with E-state index in [9.17, 15) is 4.79 Å². The van der Waals surface area contributed by atoms with Gasteiger partial charge in [-0.15, -0.1) is 0 Å². The minimum atomic E-state index is -0.226. The lowest BCUT2D eigenvalue weighted by Crippen LogP contribution is -2.39. The topological polar surface area (TPSA) is 60.2 Å². The number of carbonyl (C=O) groups excluding carboxylic acids is 1. The van der Waals surface area contributed by atoms with Crippen molar-refractivity contribution in [3.05, 3.63) is 36.8 Å². The summed E-state index contributed by atoms with van der Waals surface area (Å²) in [4.78, 5) is 21.9. The van der Waals surface area contributed by atoms with Crippen LogP contribution in [0.3, 0.4) is 0 Å². The average Bonchev–Trinajstić information content (AvgIpc) is 2.96. The van der Waals surface area contributed by atoms with Crippen LogP contribution in [0.25, 0.3) is 11.5 Å². The van der Waals surface area contributed by atoms with Crippen molar-refractivity contribution in [2.24, 2.45) is 0 Å². The quantitative estimate of drug-likeness (QED) is 0.851. The van der Waals surface area contributed by atoms with Gasteiger partial charge in [0.15, 0.2) is 5.82 Å². The fourth-order valence-corrected chi connectivity index (χ4v) is 2.25. The van der Waals surface area contributed by atoms with Gasteiger partial charge in [-0.1, -0.05) is 6.07 Å². The van der Waals surface area contributed by atoms with Crippen molar-refractivity contribution in [3.63, 3.8) is 0 Å². The number of carbonyl (C=O) groups is 1. The van der Waals surface area contributed by atoms with Crippen LogP contribution in [-0.4, -0.2) is 45.2 Å². The van der Waals surface area contributed by atoms with E-state index in [-0.39, 0.29) is 6.09 Å². The summed E-state index contributed by atoms with van der Waals surface area (Å²) in [5.74, 6) is 0.816. The maximum absolute atomic E-state index is 11.6. The second kappa shape index (κ2) is 5.73. The number of rotatable bonds is 4. The Labute approximate surface area is 117 Å². The molecule has 0 radical (unpaired) electrons. The van der Waals surface area contributed by atoms with Crippen LogP contribution >= 0.6 is 0 Å². The number of amides is 1. The second-order valence-corrected chi connectivity index (χ2v) is 4.61. The molecule has 1 aliphatic heterocycles. The Morgan fingerprint density at radius 2 is 2.15 bits per heavy atom. The molecule has 0 aliphatic carbocycles. The Bertz CT molecular complexity index is 582. The first kappa shape index (κ1) is 12.7. The van der Waals surface area contributed by atoms with Gasteiger partial charge in [0.05, 0.1) is 6.61 Å². The van der Waals surface area contributed by atoms with Gasteiger partial charge < -0.3 is 14.2 Å². The van der Waals surface area contributed by atoms with E-state index in [1.165, 1.54) is 0 Å². The maximum Gasteiger partial charge on any atom is 0.409 e. The van der Waals surface area contributed by atoms with E-state index in [2.05, 4.69) is 9.97 Å². The first-order chi connectivity index (χ1) is 9.84. The highest BCUT2D eigenvalue weighted by molar-refractivity contribution is 5.68. The first-order valence-corrected chi connectivity index (χ1v) is 6.69. The molecule has 2 aromatic rings. The van der Waals surface area contributed by atoms with Gasteiger partial charge in [0.2, 0.25) is 0 Å². The number of cyclic esters (lactones) is 1. The monoisotopic (exact) mass is 272 g/mol. The summed E-state index contributed by atoms with van der Waals surface area (Å²) in [6.07, 6.45) is 6.06. The van der Waals surface area contributed by atoms with E-state index < -0.39 is 0 Å². The molecule has 2 aromatic heterocycles. The molecule has 0 bridgehead atoms. The molecule has 1 aliphatic rings. The van der Waals surface area contributed by atoms with Gasteiger partial charge >= 0.3 is 6.09 Å². The molecule has 6 nitrogen and oxygen atoms in total. The molecule has 20 heavy (non-hydrogen) atoms. The number of pyridine rings is 1. The lowest BCUT2D eigenvalue weighted by molar-refractivity contribution is 0.0716. The number of nitrogens with zero attached hydrogens (tertiary/aromatic N) is 4.